The van der Waals surface area contributed by atoms with Crippen molar-refractivity contribution in [2.75, 3.05) is 19.0 Å². The van der Waals surface area contributed by atoms with Crippen LogP contribution in [0, 0.1) is 0 Å². The van der Waals surface area contributed by atoms with E-state index < -0.39 is 0 Å². The predicted molar refractivity (Wildman–Crippen MR) is 85.0 cm³/mol. The molecule has 0 N–H and O–H groups in total. The molecule has 0 saturated carbocycles. The first kappa shape index (κ1) is 13.1. The molecule has 1 aliphatic carbocycles. The number of nitrogens with zero attached hydrogens (tertiary/aromatic N) is 3. The monoisotopic (exact) mass is 309 g/mol. The zero-order chi connectivity index (χ0) is 15.4. The molecule has 6 heteroatoms. The molecule has 0 bridgehead atoms. The third-order valence-corrected chi connectivity index (χ3v) is 4.42. The number of hydrogen-bond donors (Lipinski definition) is 0. The second-order valence-electron chi connectivity index (χ2n) is 5.38. The van der Waals surface area contributed by atoms with Crippen LogP contribution >= 0.6 is 11.7 Å². The van der Waals surface area contributed by atoms with Gasteiger partial charge in [-0.1, -0.05) is 24.3 Å². The molecule has 22 heavy (non-hydrogen) atoms. The number of anilines is 1. The smallest absolute Gasteiger partial charge is 0.196 e. The van der Waals surface area contributed by atoms with E-state index in [9.17, 15) is 9.59 Å². The molecule has 0 amide bonds. The van der Waals surface area contributed by atoms with Crippen LogP contribution in [0.15, 0.2) is 30.3 Å². The minimum Gasteiger partial charge on any atom is -0.376 e. The van der Waals surface area contributed by atoms with Crippen molar-refractivity contribution in [2.45, 2.75) is 0 Å². The minimum absolute atomic E-state index is 0.136. The molecule has 0 atom stereocenters. The van der Waals surface area contributed by atoms with E-state index in [2.05, 4.69) is 8.75 Å². The fraction of sp³-hybridized carbons (Fsp3) is 0.125. The van der Waals surface area contributed by atoms with Crippen LogP contribution in [0.4, 0.5) is 5.69 Å². The first-order valence-electron chi connectivity index (χ1n) is 6.74. The molecular formula is C16H11N3O2S. The van der Waals surface area contributed by atoms with Crippen LogP contribution in [0.2, 0.25) is 0 Å². The van der Waals surface area contributed by atoms with Gasteiger partial charge in [0.25, 0.3) is 0 Å². The van der Waals surface area contributed by atoms with Crippen LogP contribution in [-0.2, 0) is 0 Å². The summed E-state index contributed by atoms with van der Waals surface area (Å²) < 4.78 is 8.55. The van der Waals surface area contributed by atoms with Gasteiger partial charge in [-0.2, -0.15) is 8.75 Å². The molecule has 1 aromatic heterocycles. The molecule has 2 aromatic carbocycles. The Kier molecular flexibility index (Phi) is 2.65. The quantitative estimate of drug-likeness (QED) is 0.540. The summed E-state index contributed by atoms with van der Waals surface area (Å²) in [6.07, 6.45) is 0. The number of carbonyl (C=O) groups excluding carboxylic acids is 2. The zero-order valence-electron chi connectivity index (χ0n) is 12.0. The van der Waals surface area contributed by atoms with Gasteiger partial charge >= 0.3 is 0 Å². The highest BCUT2D eigenvalue weighted by atomic mass is 32.1. The predicted octanol–water partition coefficient (Wildman–Crippen LogP) is 2.53. The molecule has 0 radical (unpaired) electrons. The molecule has 0 fully saturated rings. The maximum atomic E-state index is 12.8. The minimum atomic E-state index is -0.159. The molecule has 1 heterocycles. The Hall–Kier alpha value is -2.60. The van der Waals surface area contributed by atoms with E-state index in [-0.39, 0.29) is 11.6 Å². The largest absolute Gasteiger partial charge is 0.376 e. The summed E-state index contributed by atoms with van der Waals surface area (Å²) in [5, 5.41) is 0. The van der Waals surface area contributed by atoms with Gasteiger partial charge in [0.05, 0.1) is 23.0 Å². The first-order valence-corrected chi connectivity index (χ1v) is 7.47. The third-order valence-electron chi connectivity index (χ3n) is 3.89. The second kappa shape index (κ2) is 4.45. The van der Waals surface area contributed by atoms with E-state index in [0.29, 0.717) is 33.3 Å². The Morgan fingerprint density at radius 1 is 0.909 bits per heavy atom. The van der Waals surface area contributed by atoms with Crippen molar-refractivity contribution in [3.63, 3.8) is 0 Å². The standard InChI is InChI=1S/C16H11N3O2S/c1-19(2)11-7-10-12(14-13(11)17-22-18-14)16(21)9-6-4-3-5-8(9)15(10)20/h3-7H,1-2H3. The third kappa shape index (κ3) is 1.58. The lowest BCUT2D eigenvalue weighted by Gasteiger charge is -2.20. The highest BCUT2D eigenvalue weighted by Gasteiger charge is 2.33. The fourth-order valence-electron chi connectivity index (χ4n) is 2.83. The Morgan fingerprint density at radius 2 is 1.55 bits per heavy atom. The Balaban J connectivity index is 2.13. The average molecular weight is 309 g/mol. The van der Waals surface area contributed by atoms with Gasteiger partial charge in [-0.05, 0) is 6.07 Å². The van der Waals surface area contributed by atoms with Crippen LogP contribution in [0.1, 0.15) is 31.8 Å². The van der Waals surface area contributed by atoms with E-state index in [1.165, 1.54) is 0 Å². The van der Waals surface area contributed by atoms with Crippen LogP contribution in [-0.4, -0.2) is 34.4 Å². The van der Waals surface area contributed by atoms with Gasteiger partial charge in [0.2, 0.25) is 0 Å². The summed E-state index contributed by atoms with van der Waals surface area (Å²) >= 11 is 1.05. The number of carbonyl (C=O) groups is 2. The van der Waals surface area contributed by atoms with Crippen LogP contribution in [0.5, 0.6) is 0 Å². The first-order chi connectivity index (χ1) is 10.6. The number of ketones is 2. The van der Waals surface area contributed by atoms with Crippen molar-refractivity contribution < 1.29 is 9.59 Å². The van der Waals surface area contributed by atoms with E-state index in [0.717, 1.165) is 17.4 Å². The lowest BCUT2D eigenvalue weighted by atomic mass is 9.83. The van der Waals surface area contributed by atoms with Gasteiger partial charge in [-0.3, -0.25) is 9.59 Å². The van der Waals surface area contributed by atoms with Crippen molar-refractivity contribution in [3.05, 3.63) is 52.6 Å². The molecule has 4 rings (SSSR count). The van der Waals surface area contributed by atoms with Gasteiger partial charge in [0.15, 0.2) is 11.6 Å². The number of benzene rings is 2. The summed E-state index contributed by atoms with van der Waals surface area (Å²) in [5.74, 6) is -0.295. The van der Waals surface area contributed by atoms with Crippen molar-refractivity contribution in [1.82, 2.24) is 8.75 Å². The van der Waals surface area contributed by atoms with Gasteiger partial charge < -0.3 is 4.90 Å². The van der Waals surface area contributed by atoms with E-state index >= 15 is 0 Å². The van der Waals surface area contributed by atoms with Crippen LogP contribution in [0.3, 0.4) is 0 Å². The highest BCUT2D eigenvalue weighted by Crippen LogP contribution is 2.36. The summed E-state index contributed by atoms with van der Waals surface area (Å²) in [6, 6.07) is 8.65. The summed E-state index contributed by atoms with van der Waals surface area (Å²) in [5.41, 5.74) is 3.64. The average Bonchev–Trinajstić information content (AvgIpc) is 3.00. The molecule has 5 nitrogen and oxygen atoms in total. The van der Waals surface area contributed by atoms with E-state index in [1.54, 1.807) is 30.3 Å². The second-order valence-corrected chi connectivity index (χ2v) is 5.91. The maximum absolute atomic E-state index is 12.8. The Morgan fingerprint density at radius 3 is 2.23 bits per heavy atom. The fourth-order valence-corrected chi connectivity index (χ4v) is 3.40. The summed E-state index contributed by atoms with van der Waals surface area (Å²) in [7, 11) is 3.76. The molecule has 3 aromatic rings. The van der Waals surface area contributed by atoms with Crippen molar-refractivity contribution in [1.29, 1.82) is 0 Å². The number of aromatic nitrogens is 2. The van der Waals surface area contributed by atoms with E-state index in [1.807, 2.05) is 19.0 Å². The van der Waals surface area contributed by atoms with Crippen molar-refractivity contribution in [3.8, 4) is 0 Å². The molecule has 0 saturated heterocycles. The summed E-state index contributed by atoms with van der Waals surface area (Å²) in [6.45, 7) is 0. The van der Waals surface area contributed by atoms with Gasteiger partial charge in [0.1, 0.15) is 11.0 Å². The van der Waals surface area contributed by atoms with Gasteiger partial charge in [-0.25, -0.2) is 0 Å². The number of hydrogen-bond acceptors (Lipinski definition) is 6. The number of rotatable bonds is 1. The molecule has 0 unspecified atom stereocenters. The highest BCUT2D eigenvalue weighted by molar-refractivity contribution is 7.00. The maximum Gasteiger partial charge on any atom is 0.196 e. The van der Waals surface area contributed by atoms with E-state index in [4.69, 9.17) is 0 Å². The molecule has 0 spiro atoms. The van der Waals surface area contributed by atoms with Crippen molar-refractivity contribution in [2.24, 2.45) is 0 Å². The Labute approximate surface area is 130 Å². The van der Waals surface area contributed by atoms with Crippen LogP contribution in [0.25, 0.3) is 11.0 Å². The molecular weight excluding hydrogens is 298 g/mol. The normalized spacial score (nSPS) is 13.2. The zero-order valence-corrected chi connectivity index (χ0v) is 12.8. The number of fused-ring (bicyclic) bond motifs is 4. The van der Waals surface area contributed by atoms with Crippen LogP contribution < -0.4 is 4.90 Å². The molecule has 1 aliphatic rings. The van der Waals surface area contributed by atoms with Crippen molar-refractivity contribution >= 4 is 40.0 Å². The molecule has 108 valence electrons. The van der Waals surface area contributed by atoms with Gasteiger partial charge in [0, 0.05) is 30.8 Å². The topological polar surface area (TPSA) is 63.2 Å². The van der Waals surface area contributed by atoms with Gasteiger partial charge in [-0.15, -0.1) is 0 Å². The molecule has 0 aliphatic heterocycles. The lowest BCUT2D eigenvalue weighted by Crippen LogP contribution is -2.22. The Bertz CT molecular complexity index is 959. The lowest BCUT2D eigenvalue weighted by molar-refractivity contribution is 0.0980. The SMILES string of the molecule is CN(C)c1cc2c(c3nsnc13)C(=O)c1ccccc1C2=O. The summed E-state index contributed by atoms with van der Waals surface area (Å²) in [4.78, 5) is 27.5.